The summed E-state index contributed by atoms with van der Waals surface area (Å²) in [6.45, 7) is 7.09. The minimum Gasteiger partial charge on any atom is -0.494 e. The Labute approximate surface area is 136 Å². The molecule has 130 valence electrons. The van der Waals surface area contributed by atoms with E-state index in [-0.39, 0.29) is 23.4 Å². The number of benzene rings is 1. The van der Waals surface area contributed by atoms with Crippen LogP contribution in [0.5, 0.6) is 5.75 Å². The van der Waals surface area contributed by atoms with E-state index in [4.69, 9.17) is 16.2 Å². The molecule has 0 aliphatic carbocycles. The number of amides is 1. The summed E-state index contributed by atoms with van der Waals surface area (Å²) in [5.74, 6) is -0.573. The van der Waals surface area contributed by atoms with Gasteiger partial charge in [-0.05, 0) is 36.0 Å². The molecule has 0 saturated carbocycles. The lowest BCUT2D eigenvalue weighted by molar-refractivity contribution is 0.0997. The van der Waals surface area contributed by atoms with E-state index in [1.54, 1.807) is 6.07 Å². The van der Waals surface area contributed by atoms with Gasteiger partial charge < -0.3 is 16.2 Å². The predicted molar refractivity (Wildman–Crippen MR) is 89.3 cm³/mol. The Kier molecular flexibility index (Phi) is 5.33. The minimum atomic E-state index is -4.21. The third kappa shape index (κ3) is 4.14. The van der Waals surface area contributed by atoms with Crippen molar-refractivity contribution in [1.29, 1.82) is 0 Å². The van der Waals surface area contributed by atoms with E-state index in [0.717, 1.165) is 0 Å². The largest absolute Gasteiger partial charge is 0.494 e. The molecule has 0 radical (unpaired) electrons. The van der Waals surface area contributed by atoms with Crippen molar-refractivity contribution in [2.24, 2.45) is 5.73 Å². The molecule has 0 heterocycles. The zero-order chi connectivity index (χ0) is 18.2. The van der Waals surface area contributed by atoms with Crippen LogP contribution in [-0.2, 0) is 22.0 Å². The average molecular weight is 344 g/mol. The van der Waals surface area contributed by atoms with E-state index in [1.165, 1.54) is 14.0 Å². The van der Waals surface area contributed by atoms with E-state index in [1.807, 2.05) is 20.8 Å². The Morgan fingerprint density at radius 2 is 1.91 bits per heavy atom. The number of methoxy groups -OCH3 is 1. The van der Waals surface area contributed by atoms with Gasteiger partial charge in [-0.25, -0.2) is 0 Å². The maximum atomic E-state index is 11.7. The topological polar surface area (TPSA) is 133 Å². The van der Waals surface area contributed by atoms with Gasteiger partial charge in [-0.1, -0.05) is 20.8 Å². The monoisotopic (exact) mass is 344 g/mol. The first-order valence-electron chi connectivity index (χ1n) is 7.06. The highest BCUT2D eigenvalue weighted by Gasteiger charge is 2.29. The van der Waals surface area contributed by atoms with Crippen molar-refractivity contribution < 1.29 is 22.5 Å². The minimum absolute atomic E-state index is 0.00727. The van der Waals surface area contributed by atoms with Crippen LogP contribution in [0, 0.1) is 0 Å². The smallest absolute Gasteiger partial charge is 0.267 e. The molecule has 23 heavy (non-hydrogen) atoms. The Morgan fingerprint density at radius 1 is 1.39 bits per heavy atom. The lowest BCUT2D eigenvalue weighted by Gasteiger charge is -2.27. The van der Waals surface area contributed by atoms with Gasteiger partial charge in [0.1, 0.15) is 0 Å². The average Bonchev–Trinajstić information content (AvgIpc) is 2.37. The van der Waals surface area contributed by atoms with Crippen molar-refractivity contribution >= 4 is 21.7 Å². The van der Waals surface area contributed by atoms with Crippen LogP contribution < -0.4 is 16.2 Å². The van der Waals surface area contributed by atoms with Crippen LogP contribution in [0.1, 0.15) is 49.2 Å². The Morgan fingerprint density at radius 3 is 2.26 bits per heavy atom. The summed E-state index contributed by atoms with van der Waals surface area (Å²) in [7, 11) is -2.86. The third-order valence-electron chi connectivity index (χ3n) is 3.71. The van der Waals surface area contributed by atoms with Crippen LogP contribution in [-0.4, -0.2) is 31.2 Å². The highest BCUT2D eigenvalue weighted by molar-refractivity contribution is 7.86. The van der Waals surface area contributed by atoms with Crippen LogP contribution >= 0.6 is 0 Å². The molecule has 0 aliphatic heterocycles. The predicted octanol–water partition coefficient (Wildman–Crippen LogP) is 1.49. The van der Waals surface area contributed by atoms with Crippen LogP contribution in [0.25, 0.3) is 0 Å². The molecule has 1 amide bonds. The molecule has 0 spiro atoms. The second-order valence-electron chi connectivity index (χ2n) is 6.54. The summed E-state index contributed by atoms with van der Waals surface area (Å²) < 4.78 is 37.1. The molecule has 0 aliphatic rings. The number of primary amides is 1. The number of nitrogen functional groups attached to an aromatic ring is 1. The molecule has 1 aromatic rings. The first kappa shape index (κ1) is 19.2. The van der Waals surface area contributed by atoms with E-state index in [0.29, 0.717) is 11.1 Å². The molecule has 1 aromatic carbocycles. The number of carbonyl (C=O) groups is 1. The molecule has 0 saturated heterocycles. The fraction of sp³-hybridized carbons (Fsp3) is 0.533. The number of ether oxygens (including phenoxy) is 1. The van der Waals surface area contributed by atoms with Gasteiger partial charge in [0, 0.05) is 0 Å². The fourth-order valence-electron chi connectivity index (χ4n) is 2.41. The first-order valence-corrected chi connectivity index (χ1v) is 8.57. The van der Waals surface area contributed by atoms with Gasteiger partial charge in [0.15, 0.2) is 5.75 Å². The van der Waals surface area contributed by atoms with Crippen molar-refractivity contribution in [2.45, 2.75) is 44.8 Å². The molecule has 7 nitrogen and oxygen atoms in total. The van der Waals surface area contributed by atoms with E-state index in [9.17, 15) is 17.8 Å². The lowest BCUT2D eigenvalue weighted by Crippen LogP contribution is -2.25. The lowest BCUT2D eigenvalue weighted by atomic mass is 9.80. The van der Waals surface area contributed by atoms with E-state index < -0.39 is 26.7 Å². The Hall–Kier alpha value is -1.80. The summed E-state index contributed by atoms with van der Waals surface area (Å²) in [5, 5.41) is -1.05. The second-order valence-corrected chi connectivity index (χ2v) is 8.38. The quantitative estimate of drug-likeness (QED) is 0.547. The number of nitrogens with two attached hydrogens (primary N) is 2. The normalized spacial score (nSPS) is 13.7. The van der Waals surface area contributed by atoms with Gasteiger partial charge in [-0.3, -0.25) is 9.35 Å². The van der Waals surface area contributed by atoms with Crippen molar-refractivity contribution in [1.82, 2.24) is 0 Å². The molecular formula is C15H24N2O5S. The van der Waals surface area contributed by atoms with Gasteiger partial charge >= 0.3 is 0 Å². The van der Waals surface area contributed by atoms with Crippen LogP contribution in [0.4, 0.5) is 5.69 Å². The van der Waals surface area contributed by atoms with Crippen molar-refractivity contribution in [3.63, 3.8) is 0 Å². The summed E-state index contributed by atoms with van der Waals surface area (Å²) in [6.07, 6.45) is -0.00727. The van der Waals surface area contributed by atoms with Gasteiger partial charge in [0.05, 0.1) is 23.6 Å². The summed E-state index contributed by atoms with van der Waals surface area (Å²) in [5.41, 5.74) is 12.6. The molecule has 0 bridgehead atoms. The van der Waals surface area contributed by atoms with Gasteiger partial charge in [0.2, 0.25) is 0 Å². The summed E-state index contributed by atoms with van der Waals surface area (Å²) in [4.78, 5) is 11.7. The Bertz CT molecular complexity index is 720. The Balaban J connectivity index is 3.69. The van der Waals surface area contributed by atoms with Gasteiger partial charge in [-0.15, -0.1) is 0 Å². The maximum absolute atomic E-state index is 11.7. The second kappa shape index (κ2) is 6.37. The highest BCUT2D eigenvalue weighted by atomic mass is 32.2. The molecule has 0 fully saturated rings. The highest BCUT2D eigenvalue weighted by Crippen LogP contribution is 2.39. The van der Waals surface area contributed by atoms with Crippen LogP contribution in [0.15, 0.2) is 6.07 Å². The maximum Gasteiger partial charge on any atom is 0.267 e. The molecule has 5 N–H and O–H groups in total. The zero-order valence-electron chi connectivity index (χ0n) is 14.0. The van der Waals surface area contributed by atoms with E-state index in [2.05, 4.69) is 0 Å². The first-order chi connectivity index (χ1) is 10.3. The number of carbonyl (C=O) groups excluding carboxylic acids is 1. The number of hydrogen-bond acceptors (Lipinski definition) is 5. The SMILES string of the molecule is COc1c(C(N)=O)cc(C(C)(C)C)c(CC(C)S(=O)(=O)O)c1N. The molecule has 8 heteroatoms. The van der Waals surface area contributed by atoms with Crippen LogP contribution in [0.3, 0.4) is 0 Å². The molecule has 1 rings (SSSR count). The number of rotatable bonds is 5. The zero-order valence-corrected chi connectivity index (χ0v) is 14.8. The van der Waals surface area contributed by atoms with Crippen molar-refractivity contribution in [3.05, 3.63) is 22.8 Å². The molecule has 1 atom stereocenters. The summed E-state index contributed by atoms with van der Waals surface area (Å²) >= 11 is 0. The molecule has 1 unspecified atom stereocenters. The molecular weight excluding hydrogens is 320 g/mol. The fourth-order valence-corrected chi connectivity index (χ4v) is 2.79. The summed E-state index contributed by atoms with van der Waals surface area (Å²) in [6, 6.07) is 1.57. The van der Waals surface area contributed by atoms with E-state index >= 15 is 0 Å². The van der Waals surface area contributed by atoms with Crippen molar-refractivity contribution in [2.75, 3.05) is 12.8 Å². The van der Waals surface area contributed by atoms with Crippen molar-refractivity contribution in [3.8, 4) is 5.75 Å². The molecule has 0 aromatic heterocycles. The van der Waals surface area contributed by atoms with Crippen LogP contribution in [0.2, 0.25) is 0 Å². The number of anilines is 1. The van der Waals surface area contributed by atoms with Gasteiger partial charge in [-0.2, -0.15) is 8.42 Å². The third-order valence-corrected chi connectivity index (χ3v) is 4.89. The number of hydrogen-bond donors (Lipinski definition) is 3. The standard InChI is InChI=1S/C15H24N2O5S/c1-8(23(19,20)21)6-9-11(15(2,3)4)7-10(14(17)18)13(22-5)12(9)16/h7-8H,6,16H2,1-5H3,(H2,17,18)(H,19,20,21). The van der Waals surface area contributed by atoms with Gasteiger partial charge in [0.25, 0.3) is 16.0 Å².